The van der Waals surface area contributed by atoms with E-state index in [-0.39, 0.29) is 31.7 Å². The molecule has 9 heteroatoms. The topological polar surface area (TPSA) is 69.4 Å². The fourth-order valence-electron chi connectivity index (χ4n) is 2.99. The number of alkyl halides is 3. The van der Waals surface area contributed by atoms with E-state index in [2.05, 4.69) is 10.1 Å². The van der Waals surface area contributed by atoms with E-state index < -0.39 is 17.2 Å². The summed E-state index contributed by atoms with van der Waals surface area (Å²) in [5.41, 5.74) is -0.531. The second-order valence-electron chi connectivity index (χ2n) is 7.03. The normalized spacial score (nSPS) is 24.1. The van der Waals surface area contributed by atoms with Crippen molar-refractivity contribution in [3.8, 4) is 0 Å². The minimum absolute atomic E-state index is 0.00690. The molecule has 0 unspecified atom stereocenters. The van der Waals surface area contributed by atoms with Crippen molar-refractivity contribution >= 4 is 5.70 Å². The Morgan fingerprint density at radius 3 is 2.39 bits per heavy atom. The maximum atomic E-state index is 12.8. The number of aliphatic hydroxyl groups is 1. The van der Waals surface area contributed by atoms with Crippen LogP contribution >= 0.6 is 0 Å². The molecular weight excluding hydrogens is 375 g/mol. The van der Waals surface area contributed by atoms with Gasteiger partial charge in [0.25, 0.3) is 0 Å². The van der Waals surface area contributed by atoms with E-state index in [0.29, 0.717) is 17.7 Å². The number of hydrogen-bond donors (Lipinski definition) is 1. The highest BCUT2D eigenvalue weighted by molar-refractivity contribution is 5.53. The first-order chi connectivity index (χ1) is 13.2. The number of nitrogens with zero attached hydrogens (tertiary/aromatic N) is 3. The first kappa shape index (κ1) is 20.3. The molecule has 28 heavy (non-hydrogen) atoms. The summed E-state index contributed by atoms with van der Waals surface area (Å²) >= 11 is 0. The summed E-state index contributed by atoms with van der Waals surface area (Å²) in [6, 6.07) is 4.81. The predicted molar refractivity (Wildman–Crippen MR) is 95.1 cm³/mol. The van der Waals surface area contributed by atoms with Crippen molar-refractivity contribution in [2.45, 2.75) is 39.2 Å². The van der Waals surface area contributed by atoms with Gasteiger partial charge in [-0.1, -0.05) is 19.1 Å². The molecule has 0 radical (unpaired) electrons. The Kier molecular flexibility index (Phi) is 5.76. The first-order valence-electron chi connectivity index (χ1n) is 8.90. The van der Waals surface area contributed by atoms with Gasteiger partial charge < -0.3 is 14.6 Å². The minimum atomic E-state index is -4.40. The molecule has 1 aliphatic rings. The fraction of sp³-hybridized carbons (Fsp3) is 0.474. The zero-order chi connectivity index (χ0) is 20.4. The van der Waals surface area contributed by atoms with Crippen LogP contribution in [0.3, 0.4) is 0 Å². The number of allylic oxidation sites excluding steroid dienone is 1. The lowest BCUT2D eigenvalue weighted by atomic mass is 9.87. The third kappa shape index (κ3) is 4.36. The van der Waals surface area contributed by atoms with Crippen LogP contribution in [-0.2, 0) is 22.1 Å². The maximum Gasteiger partial charge on any atom is 0.416 e. The number of rotatable bonds is 5. The van der Waals surface area contributed by atoms with Crippen LogP contribution in [0.5, 0.6) is 0 Å². The molecule has 0 aliphatic carbocycles. The van der Waals surface area contributed by atoms with Crippen LogP contribution in [-0.4, -0.2) is 39.4 Å². The largest absolute Gasteiger partial charge is 0.510 e. The lowest BCUT2D eigenvalue weighted by Crippen LogP contribution is -2.41. The van der Waals surface area contributed by atoms with Crippen molar-refractivity contribution in [2.75, 3.05) is 13.2 Å². The molecule has 1 aromatic carbocycles. The maximum absolute atomic E-state index is 12.8. The molecule has 1 aliphatic heterocycles. The minimum Gasteiger partial charge on any atom is -0.510 e. The summed E-state index contributed by atoms with van der Waals surface area (Å²) in [7, 11) is 0. The van der Waals surface area contributed by atoms with Crippen molar-refractivity contribution < 1.29 is 27.8 Å². The lowest BCUT2D eigenvalue weighted by Gasteiger charge is -2.37. The number of hydrogen-bond acceptors (Lipinski definition) is 5. The highest BCUT2D eigenvalue weighted by atomic mass is 19.4. The van der Waals surface area contributed by atoms with Crippen LogP contribution in [0.15, 0.2) is 42.7 Å². The lowest BCUT2D eigenvalue weighted by molar-refractivity contribution is -0.222. The van der Waals surface area contributed by atoms with E-state index in [1.165, 1.54) is 29.5 Å². The van der Waals surface area contributed by atoms with Gasteiger partial charge in [0, 0.05) is 6.42 Å². The Hall–Kier alpha value is -2.39. The Morgan fingerprint density at radius 2 is 1.89 bits per heavy atom. The highest BCUT2D eigenvalue weighted by Gasteiger charge is 2.38. The second-order valence-corrected chi connectivity index (χ2v) is 7.03. The first-order valence-corrected chi connectivity index (χ1v) is 8.90. The Labute approximate surface area is 160 Å². The zero-order valence-electron chi connectivity index (χ0n) is 15.6. The average molecular weight is 397 g/mol. The number of aromatic nitrogens is 3. The van der Waals surface area contributed by atoms with Gasteiger partial charge in [-0.25, -0.2) is 9.67 Å². The number of halogens is 3. The molecule has 152 valence electrons. The number of ether oxygens (including phenoxy) is 2. The standard InChI is InChI=1S/C19H22F3N3O3/c1-3-16-27-9-18(2,10-28-16)17(26)15(25-12-23-11-24-25)8-13-4-6-14(7-5-13)19(20,21)22/h4-7,11-12,16,26H,3,8-10H2,1-2H3/b17-15+. The molecule has 0 spiro atoms. The zero-order valence-corrected chi connectivity index (χ0v) is 15.6. The summed E-state index contributed by atoms with van der Waals surface area (Å²) in [5, 5.41) is 15.1. The summed E-state index contributed by atoms with van der Waals surface area (Å²) in [5.74, 6) is 0.00690. The summed E-state index contributed by atoms with van der Waals surface area (Å²) < 4.78 is 51.1. The van der Waals surface area contributed by atoms with E-state index in [9.17, 15) is 18.3 Å². The molecular formula is C19H22F3N3O3. The molecule has 3 rings (SSSR count). The molecule has 1 N–H and O–H groups in total. The molecule has 2 aromatic rings. The Balaban J connectivity index is 1.91. The molecule has 1 fully saturated rings. The van der Waals surface area contributed by atoms with Gasteiger partial charge in [0.05, 0.1) is 29.9 Å². The van der Waals surface area contributed by atoms with E-state index in [1.807, 2.05) is 6.92 Å². The number of aliphatic hydroxyl groups excluding tert-OH is 1. The van der Waals surface area contributed by atoms with Crippen LogP contribution in [0.4, 0.5) is 13.2 Å². The van der Waals surface area contributed by atoms with Crippen molar-refractivity contribution in [1.29, 1.82) is 0 Å². The van der Waals surface area contributed by atoms with Crippen LogP contribution < -0.4 is 0 Å². The van der Waals surface area contributed by atoms with Gasteiger partial charge in [0.1, 0.15) is 18.4 Å². The Bertz CT molecular complexity index is 809. The molecule has 0 amide bonds. The second kappa shape index (κ2) is 7.92. The van der Waals surface area contributed by atoms with Crippen molar-refractivity contribution in [1.82, 2.24) is 14.8 Å². The van der Waals surface area contributed by atoms with Crippen LogP contribution in [0, 0.1) is 5.41 Å². The highest BCUT2D eigenvalue weighted by Crippen LogP contribution is 2.35. The predicted octanol–water partition coefficient (Wildman–Crippen LogP) is 4.06. The van der Waals surface area contributed by atoms with Gasteiger partial charge in [-0.05, 0) is 31.0 Å². The Morgan fingerprint density at radius 1 is 1.25 bits per heavy atom. The van der Waals surface area contributed by atoms with Crippen molar-refractivity contribution in [3.05, 3.63) is 53.8 Å². The monoisotopic (exact) mass is 397 g/mol. The van der Waals surface area contributed by atoms with Crippen LogP contribution in [0.25, 0.3) is 5.70 Å². The van der Waals surface area contributed by atoms with Crippen LogP contribution in [0.1, 0.15) is 31.4 Å². The van der Waals surface area contributed by atoms with Gasteiger partial charge in [0.15, 0.2) is 6.29 Å². The fourth-order valence-corrected chi connectivity index (χ4v) is 2.99. The third-order valence-electron chi connectivity index (χ3n) is 4.70. The van der Waals surface area contributed by atoms with Crippen molar-refractivity contribution in [2.24, 2.45) is 5.41 Å². The molecule has 1 aromatic heterocycles. The quantitative estimate of drug-likeness (QED) is 0.771. The van der Waals surface area contributed by atoms with E-state index in [4.69, 9.17) is 9.47 Å². The van der Waals surface area contributed by atoms with Gasteiger partial charge in [-0.3, -0.25) is 0 Å². The number of benzene rings is 1. The smallest absolute Gasteiger partial charge is 0.416 e. The van der Waals surface area contributed by atoms with E-state index in [1.54, 1.807) is 6.92 Å². The van der Waals surface area contributed by atoms with Crippen LogP contribution in [0.2, 0.25) is 0 Å². The summed E-state index contributed by atoms with van der Waals surface area (Å²) in [6.45, 7) is 4.25. The summed E-state index contributed by atoms with van der Waals surface area (Å²) in [6.07, 6.45) is -1.10. The molecule has 0 saturated carbocycles. The van der Waals surface area contributed by atoms with E-state index >= 15 is 0 Å². The van der Waals surface area contributed by atoms with Gasteiger partial charge in [0.2, 0.25) is 0 Å². The van der Waals surface area contributed by atoms with E-state index in [0.717, 1.165) is 12.1 Å². The molecule has 0 atom stereocenters. The van der Waals surface area contributed by atoms with Crippen molar-refractivity contribution in [3.63, 3.8) is 0 Å². The summed E-state index contributed by atoms with van der Waals surface area (Å²) in [4.78, 5) is 3.90. The van der Waals surface area contributed by atoms with Gasteiger partial charge in [-0.2, -0.15) is 18.3 Å². The molecule has 2 heterocycles. The average Bonchev–Trinajstić information content (AvgIpc) is 3.20. The SMILES string of the molecule is CCC1OCC(C)(/C(O)=C(/Cc2ccc(C(F)(F)F)cc2)n2cncn2)CO1. The molecule has 6 nitrogen and oxygen atoms in total. The third-order valence-corrected chi connectivity index (χ3v) is 4.70. The molecule has 1 saturated heterocycles. The van der Waals surface area contributed by atoms with Gasteiger partial charge in [-0.15, -0.1) is 0 Å². The molecule has 0 bridgehead atoms. The van der Waals surface area contributed by atoms with Gasteiger partial charge >= 0.3 is 6.18 Å².